The first kappa shape index (κ1) is 16.1. The van der Waals surface area contributed by atoms with Gasteiger partial charge in [0.25, 0.3) is 5.91 Å². The number of aromatic nitrogens is 2. The molecule has 6 nitrogen and oxygen atoms in total. The summed E-state index contributed by atoms with van der Waals surface area (Å²) in [5.41, 5.74) is 1.83. The number of carbonyl (C=O) groups excluding carboxylic acids is 2. The fraction of sp³-hybridized carbons (Fsp3) is 0.643. The van der Waals surface area contributed by atoms with Crippen molar-refractivity contribution in [1.29, 1.82) is 0 Å². The number of hydrogen-bond donors (Lipinski definition) is 0. The lowest BCUT2D eigenvalue weighted by Gasteiger charge is -2.19. The van der Waals surface area contributed by atoms with Crippen molar-refractivity contribution in [1.82, 2.24) is 14.7 Å². The van der Waals surface area contributed by atoms with Gasteiger partial charge in [-0.2, -0.15) is 5.10 Å². The average molecular weight is 311 g/mol. The lowest BCUT2D eigenvalue weighted by molar-refractivity contribution is 0.0725. The summed E-state index contributed by atoms with van der Waals surface area (Å²) in [6.07, 6.45) is 3.59. The number of aryl methyl sites for hydroxylation is 1. The Bertz CT molecular complexity index is 542. The van der Waals surface area contributed by atoms with Gasteiger partial charge in [0, 0.05) is 39.0 Å². The maximum Gasteiger partial charge on any atom is 0.275 e. The van der Waals surface area contributed by atoms with E-state index in [-0.39, 0.29) is 11.7 Å². The van der Waals surface area contributed by atoms with Crippen LogP contribution in [0.5, 0.6) is 0 Å². The van der Waals surface area contributed by atoms with Crippen LogP contribution in [0.25, 0.3) is 0 Å². The molecule has 0 fully saturated rings. The van der Waals surface area contributed by atoms with Crippen molar-refractivity contribution in [3.63, 3.8) is 0 Å². The third kappa shape index (κ3) is 3.33. The Balaban J connectivity index is 2.33. The summed E-state index contributed by atoms with van der Waals surface area (Å²) in [7, 11) is 5.89. The number of amides is 1. The van der Waals surface area contributed by atoms with Crippen LogP contribution in [-0.4, -0.2) is 52.9 Å². The quantitative estimate of drug-likeness (QED) is 0.606. The Morgan fingerprint density at radius 3 is 2.81 bits per heavy atom. The maximum atomic E-state index is 12.7. The summed E-state index contributed by atoms with van der Waals surface area (Å²) in [4.78, 5) is 26.5. The van der Waals surface area contributed by atoms with Crippen LogP contribution in [0.1, 0.15) is 45.8 Å². The van der Waals surface area contributed by atoms with E-state index in [0.717, 1.165) is 24.8 Å². The van der Waals surface area contributed by atoms with Crippen molar-refractivity contribution < 1.29 is 14.3 Å². The van der Waals surface area contributed by atoms with Gasteiger partial charge in [-0.15, -0.1) is 9.24 Å². The molecule has 0 saturated heterocycles. The van der Waals surface area contributed by atoms with Crippen LogP contribution in [0.15, 0.2) is 0 Å². The zero-order valence-electron chi connectivity index (χ0n) is 12.6. The molecule has 1 aliphatic carbocycles. The van der Waals surface area contributed by atoms with Crippen LogP contribution >= 0.6 is 9.24 Å². The second-order valence-corrected chi connectivity index (χ2v) is 5.54. The number of methoxy groups -OCH3 is 1. The average Bonchev–Trinajstić information content (AvgIpc) is 2.67. The first-order valence-corrected chi connectivity index (χ1v) is 7.99. The van der Waals surface area contributed by atoms with E-state index in [1.54, 1.807) is 23.7 Å². The van der Waals surface area contributed by atoms with Gasteiger partial charge in [-0.1, -0.05) is 0 Å². The van der Waals surface area contributed by atoms with Gasteiger partial charge in [0.15, 0.2) is 11.5 Å². The summed E-state index contributed by atoms with van der Waals surface area (Å²) < 4.78 is 6.60. The van der Waals surface area contributed by atoms with Gasteiger partial charge in [-0.25, -0.2) is 0 Å². The topological polar surface area (TPSA) is 64.4 Å². The maximum absolute atomic E-state index is 12.7. The summed E-state index contributed by atoms with van der Waals surface area (Å²) >= 11 is 0. The van der Waals surface area contributed by atoms with Gasteiger partial charge in [-0.3, -0.25) is 14.3 Å². The van der Waals surface area contributed by atoms with Gasteiger partial charge in [0.05, 0.1) is 6.61 Å². The summed E-state index contributed by atoms with van der Waals surface area (Å²) in [6.45, 7) is 0.992. The van der Waals surface area contributed by atoms with Crippen LogP contribution in [0.2, 0.25) is 0 Å². The highest BCUT2D eigenvalue weighted by Gasteiger charge is 2.29. The number of carbonyl (C=O) groups is 2. The van der Waals surface area contributed by atoms with Crippen LogP contribution in [0, 0.1) is 0 Å². The Labute approximate surface area is 127 Å². The van der Waals surface area contributed by atoms with Gasteiger partial charge >= 0.3 is 0 Å². The first-order chi connectivity index (χ1) is 10.1. The van der Waals surface area contributed by atoms with E-state index in [1.165, 1.54) is 0 Å². The predicted molar refractivity (Wildman–Crippen MR) is 82.6 cm³/mol. The van der Waals surface area contributed by atoms with Crippen molar-refractivity contribution in [3.8, 4) is 0 Å². The Morgan fingerprint density at radius 1 is 1.43 bits per heavy atom. The minimum absolute atomic E-state index is 0.0888. The van der Waals surface area contributed by atoms with Gasteiger partial charge < -0.3 is 9.64 Å². The molecule has 1 heterocycles. The molecular weight excluding hydrogens is 289 g/mol. The summed E-state index contributed by atoms with van der Waals surface area (Å²) in [5, 5.41) is 4.32. The molecule has 0 spiro atoms. The molecule has 0 aromatic carbocycles. The van der Waals surface area contributed by atoms with Crippen LogP contribution < -0.4 is 0 Å². The largest absolute Gasteiger partial charge is 0.383 e. The number of rotatable bonds is 5. The van der Waals surface area contributed by atoms with Crippen molar-refractivity contribution in [2.45, 2.75) is 25.7 Å². The van der Waals surface area contributed by atoms with Crippen molar-refractivity contribution in [2.24, 2.45) is 7.05 Å². The van der Waals surface area contributed by atoms with Crippen LogP contribution in [-0.2, 0) is 18.2 Å². The van der Waals surface area contributed by atoms with Crippen molar-refractivity contribution in [2.75, 3.05) is 26.5 Å². The van der Waals surface area contributed by atoms with E-state index >= 15 is 0 Å². The van der Waals surface area contributed by atoms with E-state index in [0.29, 0.717) is 37.2 Å². The molecule has 1 aromatic rings. The van der Waals surface area contributed by atoms with Gasteiger partial charge in [0.1, 0.15) is 5.69 Å². The Morgan fingerprint density at radius 2 is 2.14 bits per heavy atom. The van der Waals surface area contributed by atoms with Crippen molar-refractivity contribution >= 4 is 20.9 Å². The Hall–Kier alpha value is -1.26. The highest BCUT2D eigenvalue weighted by Crippen LogP contribution is 2.24. The molecule has 1 aliphatic rings. The lowest BCUT2D eigenvalue weighted by atomic mass is 10.1. The molecule has 0 radical (unpaired) electrons. The van der Waals surface area contributed by atoms with Gasteiger partial charge in [0.2, 0.25) is 0 Å². The lowest BCUT2D eigenvalue weighted by Crippen LogP contribution is -2.33. The normalized spacial score (nSPS) is 14.7. The smallest absolute Gasteiger partial charge is 0.275 e. The van der Waals surface area contributed by atoms with Crippen LogP contribution in [0.3, 0.4) is 0 Å². The summed E-state index contributed by atoms with van der Waals surface area (Å²) in [6, 6.07) is 0. The standard InChI is InChI=1S/C14H22N3O3P/c1-16-13-10(5-3-4-6-11(13)18)12(15-16)14(19)17(9-21)7-8-20-2/h3-9,21H2,1-2H3. The van der Waals surface area contributed by atoms with E-state index in [2.05, 4.69) is 14.3 Å². The SMILES string of the molecule is COCCN(CP)C(=O)c1nn(C)c2c1CCCCC2=O. The fourth-order valence-corrected chi connectivity index (χ4v) is 3.01. The number of nitrogens with zero attached hydrogens (tertiary/aromatic N) is 3. The minimum Gasteiger partial charge on any atom is -0.383 e. The predicted octanol–water partition coefficient (Wildman–Crippen LogP) is 1.25. The molecule has 0 N–H and O–H groups in total. The first-order valence-electron chi connectivity index (χ1n) is 7.17. The monoisotopic (exact) mass is 311 g/mol. The fourth-order valence-electron chi connectivity index (χ4n) is 2.66. The number of ketones is 1. The molecular formula is C14H22N3O3P. The molecule has 116 valence electrons. The third-order valence-corrected chi connectivity index (χ3v) is 4.21. The molecule has 0 bridgehead atoms. The molecule has 1 atom stereocenters. The highest BCUT2D eigenvalue weighted by atomic mass is 31.0. The van der Waals surface area contributed by atoms with E-state index in [9.17, 15) is 9.59 Å². The molecule has 0 aliphatic heterocycles. The second kappa shape index (κ2) is 7.14. The molecule has 7 heteroatoms. The molecule has 2 rings (SSSR count). The minimum atomic E-state index is -0.131. The number of ether oxygens (including phenoxy) is 1. The van der Waals surface area contributed by atoms with E-state index < -0.39 is 0 Å². The molecule has 0 saturated carbocycles. The number of Topliss-reactive ketones (excluding diaryl/α,β-unsaturated/α-hetero) is 1. The molecule has 1 amide bonds. The third-order valence-electron chi connectivity index (χ3n) is 3.77. The van der Waals surface area contributed by atoms with E-state index in [4.69, 9.17) is 4.74 Å². The van der Waals surface area contributed by atoms with Crippen LogP contribution in [0.4, 0.5) is 0 Å². The van der Waals surface area contributed by atoms with E-state index in [1.807, 2.05) is 0 Å². The zero-order valence-corrected chi connectivity index (χ0v) is 13.7. The zero-order chi connectivity index (χ0) is 15.4. The summed E-state index contributed by atoms with van der Waals surface area (Å²) in [5.74, 6) is -0.0422. The Kier molecular flexibility index (Phi) is 5.48. The number of fused-ring (bicyclic) bond motifs is 1. The molecule has 21 heavy (non-hydrogen) atoms. The second-order valence-electron chi connectivity index (χ2n) is 5.17. The molecule has 1 unspecified atom stereocenters. The molecule has 1 aromatic heterocycles. The van der Waals surface area contributed by atoms with Gasteiger partial charge in [-0.05, 0) is 19.3 Å². The van der Waals surface area contributed by atoms with Crippen molar-refractivity contribution in [3.05, 3.63) is 17.0 Å². The highest BCUT2D eigenvalue weighted by molar-refractivity contribution is 7.16. The number of hydrogen-bond acceptors (Lipinski definition) is 4.